The highest BCUT2D eigenvalue weighted by atomic mass is 16.3. The summed E-state index contributed by atoms with van der Waals surface area (Å²) in [5, 5.41) is 5.12. The number of aryl methyl sites for hydroxylation is 2. The molecule has 0 radical (unpaired) electrons. The standard InChI is InChI=1S/C16H15N3O2/c1-11-13(7-8-21-11)16(20)18-17-9-12-10-19(2)15-6-4-3-5-14(12)15/h3-10H,1-2H3,(H,18,20)/b17-9-. The van der Waals surface area contributed by atoms with Gasteiger partial charge < -0.3 is 8.98 Å². The molecule has 1 N–H and O–H groups in total. The van der Waals surface area contributed by atoms with Crippen LogP contribution in [0.1, 0.15) is 21.7 Å². The van der Waals surface area contributed by atoms with E-state index in [2.05, 4.69) is 10.5 Å². The summed E-state index contributed by atoms with van der Waals surface area (Å²) in [6, 6.07) is 9.66. The van der Waals surface area contributed by atoms with Gasteiger partial charge in [0.25, 0.3) is 5.91 Å². The van der Waals surface area contributed by atoms with E-state index in [-0.39, 0.29) is 5.91 Å². The molecule has 21 heavy (non-hydrogen) atoms. The van der Waals surface area contributed by atoms with Crippen LogP contribution >= 0.6 is 0 Å². The monoisotopic (exact) mass is 281 g/mol. The molecule has 2 heterocycles. The number of nitrogens with zero attached hydrogens (tertiary/aromatic N) is 2. The maximum atomic E-state index is 11.9. The Labute approximate surface area is 121 Å². The number of fused-ring (bicyclic) bond motifs is 1. The molecule has 106 valence electrons. The number of benzene rings is 1. The summed E-state index contributed by atoms with van der Waals surface area (Å²) >= 11 is 0. The fraction of sp³-hybridized carbons (Fsp3) is 0.125. The van der Waals surface area contributed by atoms with Gasteiger partial charge in [0.15, 0.2) is 0 Å². The molecule has 3 aromatic rings. The number of hydrazone groups is 1. The van der Waals surface area contributed by atoms with Gasteiger partial charge in [0.1, 0.15) is 5.76 Å². The summed E-state index contributed by atoms with van der Waals surface area (Å²) in [5.74, 6) is 0.297. The molecule has 0 bridgehead atoms. The Hall–Kier alpha value is -2.82. The molecule has 5 heteroatoms. The lowest BCUT2D eigenvalue weighted by molar-refractivity contribution is 0.0953. The smallest absolute Gasteiger partial charge is 0.274 e. The first-order valence-electron chi connectivity index (χ1n) is 6.58. The van der Waals surface area contributed by atoms with Crippen molar-refractivity contribution in [3.05, 3.63) is 59.7 Å². The van der Waals surface area contributed by atoms with Crippen molar-refractivity contribution in [1.29, 1.82) is 0 Å². The molecule has 3 rings (SSSR count). The Morgan fingerprint density at radius 2 is 2.14 bits per heavy atom. The lowest BCUT2D eigenvalue weighted by Crippen LogP contribution is -2.17. The summed E-state index contributed by atoms with van der Waals surface area (Å²) in [5.41, 5.74) is 5.08. The summed E-state index contributed by atoms with van der Waals surface area (Å²) in [6.45, 7) is 1.74. The number of para-hydroxylation sites is 1. The minimum Gasteiger partial charge on any atom is -0.469 e. The third-order valence-corrected chi connectivity index (χ3v) is 3.40. The van der Waals surface area contributed by atoms with Crippen LogP contribution < -0.4 is 5.43 Å². The highest BCUT2D eigenvalue weighted by Crippen LogP contribution is 2.18. The van der Waals surface area contributed by atoms with E-state index in [0.717, 1.165) is 16.5 Å². The topological polar surface area (TPSA) is 59.5 Å². The Bertz CT molecular complexity index is 827. The average Bonchev–Trinajstić information content (AvgIpc) is 3.04. The van der Waals surface area contributed by atoms with Crippen LogP contribution in [-0.4, -0.2) is 16.7 Å². The lowest BCUT2D eigenvalue weighted by atomic mass is 10.2. The minimum absolute atomic E-state index is 0.280. The number of carbonyl (C=O) groups is 1. The van der Waals surface area contributed by atoms with Gasteiger partial charge in [0.2, 0.25) is 0 Å². The summed E-state index contributed by atoms with van der Waals surface area (Å²) in [4.78, 5) is 11.9. The third-order valence-electron chi connectivity index (χ3n) is 3.40. The van der Waals surface area contributed by atoms with E-state index in [4.69, 9.17) is 4.42 Å². The van der Waals surface area contributed by atoms with Gasteiger partial charge in [0.05, 0.1) is 18.0 Å². The largest absolute Gasteiger partial charge is 0.469 e. The molecule has 0 saturated heterocycles. The van der Waals surface area contributed by atoms with E-state index in [1.54, 1.807) is 19.2 Å². The lowest BCUT2D eigenvalue weighted by Gasteiger charge is -1.97. The predicted octanol–water partition coefficient (Wildman–Crippen LogP) is 2.84. The second kappa shape index (κ2) is 5.28. The molecule has 5 nitrogen and oxygen atoms in total. The van der Waals surface area contributed by atoms with E-state index < -0.39 is 0 Å². The number of aromatic nitrogens is 1. The van der Waals surface area contributed by atoms with Crippen LogP contribution in [0.3, 0.4) is 0 Å². The maximum Gasteiger partial charge on any atom is 0.274 e. The van der Waals surface area contributed by atoms with Gasteiger partial charge in [-0.3, -0.25) is 4.79 Å². The Kier molecular flexibility index (Phi) is 3.31. The first-order valence-corrected chi connectivity index (χ1v) is 6.58. The van der Waals surface area contributed by atoms with Crippen LogP contribution in [0.25, 0.3) is 10.9 Å². The number of amides is 1. The van der Waals surface area contributed by atoms with Crippen molar-refractivity contribution in [2.45, 2.75) is 6.92 Å². The van der Waals surface area contributed by atoms with Crippen molar-refractivity contribution >= 4 is 23.0 Å². The van der Waals surface area contributed by atoms with Crippen molar-refractivity contribution < 1.29 is 9.21 Å². The first-order chi connectivity index (χ1) is 10.2. The molecule has 2 aromatic heterocycles. The fourth-order valence-electron chi connectivity index (χ4n) is 2.32. The van der Waals surface area contributed by atoms with Crippen LogP contribution in [-0.2, 0) is 7.05 Å². The Morgan fingerprint density at radius 1 is 1.33 bits per heavy atom. The van der Waals surface area contributed by atoms with Crippen molar-refractivity contribution in [3.63, 3.8) is 0 Å². The molecule has 0 spiro atoms. The van der Waals surface area contributed by atoms with Gasteiger partial charge in [0, 0.05) is 29.7 Å². The van der Waals surface area contributed by atoms with E-state index >= 15 is 0 Å². The number of hydrogen-bond donors (Lipinski definition) is 1. The van der Waals surface area contributed by atoms with E-state index in [1.165, 1.54) is 6.26 Å². The second-order valence-corrected chi connectivity index (χ2v) is 4.80. The molecule has 0 aliphatic heterocycles. The highest BCUT2D eigenvalue weighted by molar-refractivity contribution is 6.00. The minimum atomic E-state index is -0.280. The second-order valence-electron chi connectivity index (χ2n) is 4.80. The number of carbonyl (C=O) groups excluding carboxylic acids is 1. The van der Waals surface area contributed by atoms with Gasteiger partial charge in [-0.1, -0.05) is 18.2 Å². The van der Waals surface area contributed by atoms with Crippen LogP contribution in [0.15, 0.2) is 52.3 Å². The van der Waals surface area contributed by atoms with Crippen molar-refractivity contribution in [2.24, 2.45) is 12.1 Å². The molecule has 0 aliphatic carbocycles. The van der Waals surface area contributed by atoms with Gasteiger partial charge in [-0.25, -0.2) is 5.43 Å². The quantitative estimate of drug-likeness (QED) is 0.593. The van der Waals surface area contributed by atoms with Gasteiger partial charge in [-0.15, -0.1) is 0 Å². The van der Waals surface area contributed by atoms with Crippen molar-refractivity contribution in [1.82, 2.24) is 9.99 Å². The molecule has 0 atom stereocenters. The number of furan rings is 1. The molecule has 1 amide bonds. The molecular weight excluding hydrogens is 266 g/mol. The number of rotatable bonds is 3. The molecule has 0 saturated carbocycles. The SMILES string of the molecule is Cc1occc1C(=O)N/N=C\c1cn(C)c2ccccc12. The fourth-order valence-corrected chi connectivity index (χ4v) is 2.32. The van der Waals surface area contributed by atoms with E-state index in [0.29, 0.717) is 11.3 Å². The van der Waals surface area contributed by atoms with Crippen LogP contribution in [0, 0.1) is 6.92 Å². The zero-order chi connectivity index (χ0) is 14.8. The number of nitrogens with one attached hydrogen (secondary N) is 1. The Morgan fingerprint density at radius 3 is 2.90 bits per heavy atom. The maximum absolute atomic E-state index is 11.9. The average molecular weight is 281 g/mol. The van der Waals surface area contributed by atoms with Crippen molar-refractivity contribution in [3.8, 4) is 0 Å². The van der Waals surface area contributed by atoms with Crippen LogP contribution in [0.4, 0.5) is 0 Å². The molecule has 0 aliphatic rings. The zero-order valence-electron chi connectivity index (χ0n) is 11.8. The molecular formula is C16H15N3O2. The normalized spacial score (nSPS) is 11.3. The van der Waals surface area contributed by atoms with E-state index in [9.17, 15) is 4.79 Å². The highest BCUT2D eigenvalue weighted by Gasteiger charge is 2.10. The van der Waals surface area contributed by atoms with Crippen molar-refractivity contribution in [2.75, 3.05) is 0 Å². The molecule has 0 fully saturated rings. The summed E-state index contributed by atoms with van der Waals surface area (Å²) < 4.78 is 7.12. The van der Waals surface area contributed by atoms with Gasteiger partial charge in [-0.2, -0.15) is 5.10 Å². The summed E-state index contributed by atoms with van der Waals surface area (Å²) in [6.07, 6.45) is 5.11. The van der Waals surface area contributed by atoms with Crippen LogP contribution in [0.5, 0.6) is 0 Å². The summed E-state index contributed by atoms with van der Waals surface area (Å²) in [7, 11) is 1.98. The molecule has 1 aromatic carbocycles. The van der Waals surface area contributed by atoms with E-state index in [1.807, 2.05) is 42.1 Å². The zero-order valence-corrected chi connectivity index (χ0v) is 11.8. The Balaban J connectivity index is 1.80. The number of hydrogen-bond acceptors (Lipinski definition) is 3. The molecule has 0 unspecified atom stereocenters. The predicted molar refractivity (Wildman–Crippen MR) is 81.4 cm³/mol. The first kappa shape index (κ1) is 13.2. The van der Waals surface area contributed by atoms with Gasteiger partial charge in [-0.05, 0) is 19.1 Å². The van der Waals surface area contributed by atoms with Crippen LogP contribution in [0.2, 0.25) is 0 Å². The van der Waals surface area contributed by atoms with Gasteiger partial charge >= 0.3 is 0 Å². The third kappa shape index (κ3) is 2.45.